The monoisotopic (exact) mass is 216 g/mol. The van der Waals surface area contributed by atoms with Crippen molar-refractivity contribution >= 4 is 31.1 Å². The Kier molecular flexibility index (Phi) is 2.76. The van der Waals surface area contributed by atoms with Crippen molar-refractivity contribution < 1.29 is 9.59 Å². The van der Waals surface area contributed by atoms with Crippen LogP contribution in [-0.2, 0) is 4.79 Å². The molecule has 6 nitrogen and oxygen atoms in total. The zero-order valence-electron chi connectivity index (χ0n) is 8.36. The van der Waals surface area contributed by atoms with Crippen molar-refractivity contribution in [2.24, 2.45) is 0 Å². The van der Waals surface area contributed by atoms with Gasteiger partial charge in [-0.1, -0.05) is 0 Å². The number of anilines is 2. The summed E-state index contributed by atoms with van der Waals surface area (Å²) in [6.45, 7) is 0.249. The zero-order chi connectivity index (χ0) is 11.5. The summed E-state index contributed by atoms with van der Waals surface area (Å²) in [5.41, 5.74) is 0.585. The number of amides is 2. The van der Waals surface area contributed by atoms with Crippen LogP contribution in [0.15, 0.2) is 18.3 Å². The highest BCUT2D eigenvalue weighted by Crippen LogP contribution is 2.20. The molecule has 0 spiro atoms. The SMILES string of the molecule is [B]C(=O)N[C@H]1CNc2ncccc2NC1=O. The van der Waals surface area contributed by atoms with Crippen LogP contribution < -0.4 is 16.0 Å². The Morgan fingerprint density at radius 3 is 3.19 bits per heavy atom. The Hall–Kier alpha value is -2.05. The van der Waals surface area contributed by atoms with Crippen LogP contribution in [0.4, 0.5) is 16.3 Å². The number of carbonyl (C=O) groups is 2. The number of pyridine rings is 1. The third-order valence-electron chi connectivity index (χ3n) is 2.17. The van der Waals surface area contributed by atoms with E-state index in [1.165, 1.54) is 0 Å². The van der Waals surface area contributed by atoms with Crippen LogP contribution in [0.2, 0.25) is 0 Å². The zero-order valence-corrected chi connectivity index (χ0v) is 8.36. The summed E-state index contributed by atoms with van der Waals surface area (Å²) in [6, 6.07) is 2.73. The highest BCUT2D eigenvalue weighted by Gasteiger charge is 2.23. The first-order chi connectivity index (χ1) is 7.66. The maximum absolute atomic E-state index is 11.7. The van der Waals surface area contributed by atoms with Crippen molar-refractivity contribution in [3.05, 3.63) is 18.3 Å². The molecule has 16 heavy (non-hydrogen) atoms. The molecule has 1 aliphatic heterocycles. The molecule has 0 saturated heterocycles. The van der Waals surface area contributed by atoms with E-state index in [0.29, 0.717) is 11.5 Å². The second-order valence-electron chi connectivity index (χ2n) is 3.33. The molecule has 0 unspecified atom stereocenters. The summed E-state index contributed by atoms with van der Waals surface area (Å²) in [6.07, 6.45) is 1.61. The summed E-state index contributed by atoms with van der Waals surface area (Å²) in [5.74, 6) is -0.483. The van der Waals surface area contributed by atoms with Crippen molar-refractivity contribution in [1.29, 1.82) is 0 Å². The first-order valence-electron chi connectivity index (χ1n) is 4.72. The van der Waals surface area contributed by atoms with Crippen LogP contribution in [0.25, 0.3) is 0 Å². The number of fused-ring (bicyclic) bond motifs is 1. The lowest BCUT2D eigenvalue weighted by Gasteiger charge is -2.13. The number of carbonyl (C=O) groups excluding carboxylic acids is 2. The maximum Gasteiger partial charge on any atom is 0.248 e. The summed E-state index contributed by atoms with van der Waals surface area (Å²) >= 11 is 0. The largest absolute Gasteiger partial charge is 0.366 e. The molecule has 1 atom stereocenters. The Balaban J connectivity index is 2.18. The van der Waals surface area contributed by atoms with E-state index in [2.05, 4.69) is 20.9 Å². The number of rotatable bonds is 1. The van der Waals surface area contributed by atoms with Crippen molar-refractivity contribution in [3.63, 3.8) is 0 Å². The second kappa shape index (κ2) is 4.22. The minimum atomic E-state index is -0.735. The number of nitrogens with zero attached hydrogens (tertiary/aromatic N) is 1. The summed E-state index contributed by atoms with van der Waals surface area (Å²) in [5, 5.41) is 7.93. The van der Waals surface area contributed by atoms with E-state index in [-0.39, 0.29) is 12.5 Å². The molecule has 2 radical (unpaired) electrons. The van der Waals surface area contributed by atoms with Crippen molar-refractivity contribution in [2.75, 3.05) is 17.2 Å². The van der Waals surface area contributed by atoms with Gasteiger partial charge in [0.2, 0.25) is 13.8 Å². The van der Waals surface area contributed by atoms with Crippen molar-refractivity contribution in [2.45, 2.75) is 6.04 Å². The van der Waals surface area contributed by atoms with Gasteiger partial charge in [-0.25, -0.2) is 4.98 Å². The lowest BCUT2D eigenvalue weighted by atomic mass is 10.1. The third kappa shape index (κ3) is 2.13. The molecule has 1 aromatic rings. The van der Waals surface area contributed by atoms with Gasteiger partial charge in [-0.2, -0.15) is 0 Å². The van der Waals surface area contributed by atoms with Crippen LogP contribution in [0, 0.1) is 0 Å². The Morgan fingerprint density at radius 1 is 1.62 bits per heavy atom. The molecule has 0 aromatic carbocycles. The molecule has 80 valence electrons. The number of nitrogens with one attached hydrogen (secondary N) is 3. The van der Waals surface area contributed by atoms with Gasteiger partial charge in [0.15, 0.2) is 5.81 Å². The minimum absolute atomic E-state index is 0.249. The van der Waals surface area contributed by atoms with Gasteiger partial charge in [-0.05, 0) is 12.1 Å². The smallest absolute Gasteiger partial charge is 0.248 e. The molecule has 3 N–H and O–H groups in total. The number of aromatic nitrogens is 1. The molecule has 2 rings (SSSR count). The second-order valence-corrected chi connectivity index (χ2v) is 3.33. The molecule has 2 amide bonds. The van der Waals surface area contributed by atoms with E-state index in [0.717, 1.165) is 0 Å². The van der Waals surface area contributed by atoms with Crippen LogP contribution in [0.3, 0.4) is 0 Å². The Labute approximate surface area is 93.2 Å². The molecule has 0 saturated carbocycles. The van der Waals surface area contributed by atoms with Crippen LogP contribution in [0.1, 0.15) is 0 Å². The molecule has 0 aliphatic carbocycles. The minimum Gasteiger partial charge on any atom is -0.366 e. The lowest BCUT2D eigenvalue weighted by molar-refractivity contribution is -0.117. The summed E-state index contributed by atoms with van der Waals surface area (Å²) < 4.78 is 0. The fourth-order valence-corrected chi connectivity index (χ4v) is 1.45. The van der Waals surface area contributed by atoms with E-state index in [9.17, 15) is 9.59 Å². The van der Waals surface area contributed by atoms with Gasteiger partial charge in [0.05, 0.1) is 5.69 Å². The van der Waals surface area contributed by atoms with E-state index in [1.807, 2.05) is 0 Å². The van der Waals surface area contributed by atoms with E-state index >= 15 is 0 Å². The predicted molar refractivity (Wildman–Crippen MR) is 59.4 cm³/mol. The Morgan fingerprint density at radius 2 is 2.44 bits per heavy atom. The number of hydrogen-bond donors (Lipinski definition) is 3. The first kappa shape index (κ1) is 10.5. The first-order valence-corrected chi connectivity index (χ1v) is 4.72. The third-order valence-corrected chi connectivity index (χ3v) is 2.17. The molecule has 0 bridgehead atoms. The average Bonchev–Trinajstić information content (AvgIpc) is 2.39. The van der Waals surface area contributed by atoms with Crippen LogP contribution in [-0.4, -0.2) is 37.1 Å². The Bertz CT molecular complexity index is 437. The van der Waals surface area contributed by atoms with Gasteiger partial charge in [0.1, 0.15) is 11.9 Å². The maximum atomic E-state index is 11.7. The van der Waals surface area contributed by atoms with E-state index in [1.54, 1.807) is 18.3 Å². The molecular weight excluding hydrogens is 207 g/mol. The standard InChI is InChI=1S/C9H9BN4O2/c10-9(16)14-6-4-12-7-5(13-8(6)15)2-1-3-11-7/h1-3,6H,4H2,(H,11,12)(H,13,15)(H,14,16)/t6-/m0/s1. The molecule has 1 aliphatic rings. The highest BCUT2D eigenvalue weighted by atomic mass is 16.2. The molecular formula is C9H9BN4O2. The summed E-state index contributed by atoms with van der Waals surface area (Å²) in [7, 11) is 4.97. The normalized spacial score (nSPS) is 18.8. The fraction of sp³-hybridized carbons (Fsp3) is 0.222. The van der Waals surface area contributed by atoms with Crippen LogP contribution >= 0.6 is 0 Å². The van der Waals surface area contributed by atoms with Gasteiger partial charge in [-0.3, -0.25) is 9.59 Å². The average molecular weight is 216 g/mol. The number of hydrogen-bond acceptors (Lipinski definition) is 4. The van der Waals surface area contributed by atoms with Gasteiger partial charge < -0.3 is 16.0 Å². The quantitative estimate of drug-likeness (QED) is 0.562. The topological polar surface area (TPSA) is 83.1 Å². The highest BCUT2D eigenvalue weighted by molar-refractivity contribution is 6.57. The predicted octanol–water partition coefficient (Wildman–Crippen LogP) is -0.308. The van der Waals surface area contributed by atoms with Gasteiger partial charge >= 0.3 is 0 Å². The lowest BCUT2D eigenvalue weighted by Crippen LogP contribution is -2.46. The fourth-order valence-electron chi connectivity index (χ4n) is 1.45. The molecule has 1 aromatic heterocycles. The van der Waals surface area contributed by atoms with Gasteiger partial charge in [0, 0.05) is 12.7 Å². The summed E-state index contributed by atoms with van der Waals surface area (Å²) in [4.78, 5) is 26.4. The van der Waals surface area contributed by atoms with Gasteiger partial charge in [0.25, 0.3) is 0 Å². The van der Waals surface area contributed by atoms with Crippen LogP contribution in [0.5, 0.6) is 0 Å². The molecule has 0 fully saturated rings. The molecule has 2 heterocycles. The van der Waals surface area contributed by atoms with E-state index < -0.39 is 11.8 Å². The van der Waals surface area contributed by atoms with Crippen molar-refractivity contribution in [3.8, 4) is 0 Å². The van der Waals surface area contributed by atoms with E-state index in [4.69, 9.17) is 7.85 Å². The van der Waals surface area contributed by atoms with Crippen molar-refractivity contribution in [1.82, 2.24) is 10.3 Å². The van der Waals surface area contributed by atoms with Gasteiger partial charge in [-0.15, -0.1) is 0 Å². The molecule has 7 heteroatoms.